The van der Waals surface area contributed by atoms with Crippen molar-refractivity contribution in [3.8, 4) is 0 Å². The minimum atomic E-state index is -1.96. The molecule has 1 rings (SSSR count). The van der Waals surface area contributed by atoms with Crippen LogP contribution in [0.4, 0.5) is 0 Å². The molecular formula is C24H33S6Sb3. The van der Waals surface area contributed by atoms with Gasteiger partial charge < -0.3 is 0 Å². The fourth-order valence-electron chi connectivity index (χ4n) is 2.12. The summed E-state index contributed by atoms with van der Waals surface area (Å²) in [5.41, 5.74) is 0. The first-order valence-electron chi connectivity index (χ1n) is 9.84. The Labute approximate surface area is 240 Å². The third-order valence-electron chi connectivity index (χ3n) is 2.95. The molecule has 0 saturated carbocycles. The van der Waals surface area contributed by atoms with Crippen LogP contribution in [-0.4, -0.2) is 52.2 Å². The van der Waals surface area contributed by atoms with E-state index in [0.29, 0.717) is 0 Å². The molecule has 0 aliphatic rings. The van der Waals surface area contributed by atoms with Gasteiger partial charge in [-0.25, -0.2) is 0 Å². The Morgan fingerprint density at radius 1 is 0.424 bits per heavy atom. The molecule has 33 heavy (non-hydrogen) atoms. The van der Waals surface area contributed by atoms with Crippen molar-refractivity contribution in [3.63, 3.8) is 0 Å². The fraction of sp³-hybridized carbons (Fsp3) is 0.250. The zero-order valence-electron chi connectivity index (χ0n) is 20.3. The molecule has 0 heterocycles. The van der Waals surface area contributed by atoms with Crippen molar-refractivity contribution in [2.75, 3.05) is 0 Å². The van der Waals surface area contributed by atoms with Gasteiger partial charge in [-0.05, 0) is 0 Å². The zero-order valence-corrected chi connectivity index (χ0v) is 32.8. The quantitative estimate of drug-likeness (QED) is 0.162. The summed E-state index contributed by atoms with van der Waals surface area (Å²) in [6.45, 7) is 38.2. The Morgan fingerprint density at radius 3 is 0.697 bits per heavy atom. The van der Waals surface area contributed by atoms with Gasteiger partial charge in [0.05, 0.1) is 0 Å². The van der Waals surface area contributed by atoms with Crippen molar-refractivity contribution in [2.45, 2.75) is 41.5 Å². The second-order valence-corrected chi connectivity index (χ2v) is 50.1. The predicted octanol–water partition coefficient (Wildman–Crippen LogP) is 8.37. The molecule has 0 unspecified atom stereocenters. The molecule has 0 saturated heterocycles. The van der Waals surface area contributed by atoms with Gasteiger partial charge in [0.15, 0.2) is 0 Å². The molecular weight excluding hydrogens is 846 g/mol. The van der Waals surface area contributed by atoms with E-state index in [-0.39, 0.29) is 0 Å². The molecule has 1 aromatic rings. The normalized spacial score (nSPS) is 11.2. The van der Waals surface area contributed by atoms with Gasteiger partial charge in [-0.3, -0.25) is 0 Å². The average Bonchev–Trinajstić information content (AvgIpc) is 2.64. The molecule has 0 bridgehead atoms. The Kier molecular flexibility index (Phi) is 17.1. The van der Waals surface area contributed by atoms with Gasteiger partial charge in [-0.2, -0.15) is 0 Å². The van der Waals surface area contributed by atoms with Crippen LogP contribution >= 0.6 is 53.1 Å². The molecule has 1 aromatic carbocycles. The Balaban J connectivity index is 3.73. The molecule has 0 spiro atoms. The van der Waals surface area contributed by atoms with E-state index in [9.17, 15) is 0 Å². The van der Waals surface area contributed by atoms with Crippen molar-refractivity contribution in [3.05, 3.63) is 87.1 Å². The van der Waals surface area contributed by atoms with Crippen LogP contribution in [0.15, 0.2) is 87.1 Å². The number of rotatable bonds is 15. The Bertz CT molecular complexity index is 761. The van der Waals surface area contributed by atoms with Crippen molar-refractivity contribution >= 4 is 116 Å². The van der Waals surface area contributed by atoms with Gasteiger partial charge in [0, 0.05) is 0 Å². The maximum absolute atomic E-state index is 4.23. The van der Waals surface area contributed by atoms with Crippen LogP contribution in [-0.2, 0) is 0 Å². The van der Waals surface area contributed by atoms with E-state index < -0.39 is 52.2 Å². The van der Waals surface area contributed by atoms with E-state index in [1.165, 1.54) is 29.4 Å². The van der Waals surface area contributed by atoms with Crippen molar-refractivity contribution in [1.82, 2.24) is 0 Å². The summed E-state index contributed by atoms with van der Waals surface area (Å²) >= 11 is -5.87. The Morgan fingerprint density at radius 2 is 0.576 bits per heavy atom. The second-order valence-electron chi connectivity index (χ2n) is 7.24. The predicted molar refractivity (Wildman–Crippen MR) is 177 cm³/mol. The SMILES string of the molecule is C=C(C)[S][Sb]([S]C(=C)C)[c]1c[c]([Sb]([S]C(=C)C)[S]C(=C)C)c[c]([Sb]([S]C(=C)C)[S]C(=C)C)c1. The van der Waals surface area contributed by atoms with E-state index in [2.05, 4.69) is 99.2 Å². The molecule has 0 radical (unpaired) electrons. The van der Waals surface area contributed by atoms with Gasteiger partial charge in [-0.1, -0.05) is 0 Å². The molecule has 0 fully saturated rings. The van der Waals surface area contributed by atoms with Crippen LogP contribution in [0.3, 0.4) is 0 Å². The molecule has 0 atom stereocenters. The van der Waals surface area contributed by atoms with Crippen molar-refractivity contribution in [2.24, 2.45) is 0 Å². The minimum absolute atomic E-state index is 1.20. The third kappa shape index (κ3) is 14.1. The first-order valence-corrected chi connectivity index (χ1v) is 37.1. The molecule has 9 heteroatoms. The second kappa shape index (κ2) is 16.9. The maximum atomic E-state index is 4.23. The number of benzene rings is 1. The van der Waals surface area contributed by atoms with Gasteiger partial charge >= 0.3 is 244 Å². The fourth-order valence-corrected chi connectivity index (χ4v) is 54.2. The van der Waals surface area contributed by atoms with Gasteiger partial charge in [0.1, 0.15) is 0 Å². The van der Waals surface area contributed by atoms with Crippen LogP contribution in [0.5, 0.6) is 0 Å². The summed E-state index contributed by atoms with van der Waals surface area (Å²) in [7, 11) is 12.1. The summed E-state index contributed by atoms with van der Waals surface area (Å²) in [6, 6.07) is 7.59. The third-order valence-corrected chi connectivity index (χ3v) is 53.7. The average molecular weight is 879 g/mol. The number of allylic oxidation sites excluding steroid dienone is 6. The van der Waals surface area contributed by atoms with Gasteiger partial charge in [0.2, 0.25) is 0 Å². The Hall–Kier alpha value is 2.21. The van der Waals surface area contributed by atoms with Crippen molar-refractivity contribution < 1.29 is 0 Å². The molecule has 0 amide bonds. The van der Waals surface area contributed by atoms with E-state index in [0.717, 1.165) is 0 Å². The summed E-state index contributed by atoms with van der Waals surface area (Å²) in [5.74, 6) is 0. The van der Waals surface area contributed by atoms with Crippen LogP contribution in [0.2, 0.25) is 0 Å². The molecule has 0 N–H and O–H groups in total. The number of hydrogen-bond donors (Lipinski definition) is 0. The van der Waals surface area contributed by atoms with Gasteiger partial charge in [-0.15, -0.1) is 0 Å². The summed E-state index contributed by atoms with van der Waals surface area (Å²) < 4.78 is 4.64. The van der Waals surface area contributed by atoms with Crippen LogP contribution < -0.4 is 10.5 Å². The van der Waals surface area contributed by atoms with E-state index in [1.807, 2.05) is 53.1 Å². The monoisotopic (exact) mass is 876 g/mol. The van der Waals surface area contributed by atoms with Crippen LogP contribution in [0, 0.1) is 0 Å². The van der Waals surface area contributed by atoms with Crippen LogP contribution in [0.25, 0.3) is 0 Å². The van der Waals surface area contributed by atoms with E-state index in [4.69, 9.17) is 0 Å². The zero-order chi connectivity index (χ0) is 25.3. The van der Waals surface area contributed by atoms with Crippen LogP contribution in [0.1, 0.15) is 41.5 Å². The standard InChI is InChI=1S/C6H3.6C3H6S.3Sb/c1-2-4-6-5-3-1;6*1-3(2)4;;;/h1,4-5H;6*4H,1H2,2H3;;;/q;;;;;;;3*+2/p-6. The van der Waals surface area contributed by atoms with E-state index >= 15 is 0 Å². The summed E-state index contributed by atoms with van der Waals surface area (Å²) in [6.07, 6.45) is 0. The van der Waals surface area contributed by atoms with E-state index in [1.54, 1.807) is 10.5 Å². The number of hydrogen-bond acceptors (Lipinski definition) is 6. The molecule has 0 aromatic heterocycles. The topological polar surface area (TPSA) is 0 Å². The van der Waals surface area contributed by atoms with Crippen molar-refractivity contribution in [1.29, 1.82) is 0 Å². The summed E-state index contributed by atoms with van der Waals surface area (Å²) in [5, 5.41) is 0. The molecule has 180 valence electrons. The molecule has 0 nitrogen and oxygen atoms in total. The molecule has 0 aliphatic carbocycles. The first kappa shape index (κ1) is 33.2. The molecule has 0 aliphatic heterocycles. The first-order chi connectivity index (χ1) is 15.3. The summed E-state index contributed by atoms with van der Waals surface area (Å²) in [4.78, 5) is 7.22. The van der Waals surface area contributed by atoms with Gasteiger partial charge in [0.25, 0.3) is 0 Å².